The van der Waals surface area contributed by atoms with E-state index in [4.69, 9.17) is 16.3 Å². The molecule has 1 aliphatic rings. The molecule has 1 N–H and O–H groups in total. The largest absolute Gasteiger partial charge is 0.495 e. The van der Waals surface area contributed by atoms with E-state index in [1.165, 1.54) is 11.4 Å². The van der Waals surface area contributed by atoms with Gasteiger partial charge in [-0.15, -0.1) is 0 Å². The summed E-state index contributed by atoms with van der Waals surface area (Å²) in [5.74, 6) is -0.341. The minimum Gasteiger partial charge on any atom is -0.495 e. The van der Waals surface area contributed by atoms with Crippen LogP contribution >= 0.6 is 11.6 Å². The molecule has 0 aliphatic carbocycles. The van der Waals surface area contributed by atoms with Crippen molar-refractivity contribution in [1.29, 1.82) is 0 Å². The number of aryl methyl sites for hydroxylation is 2. The zero-order valence-electron chi connectivity index (χ0n) is 16.7. The van der Waals surface area contributed by atoms with Crippen LogP contribution in [-0.4, -0.2) is 38.8 Å². The van der Waals surface area contributed by atoms with Crippen LogP contribution in [-0.2, 0) is 14.8 Å². The molecule has 0 aromatic heterocycles. The summed E-state index contributed by atoms with van der Waals surface area (Å²) in [6.45, 7) is 4.22. The van der Waals surface area contributed by atoms with Crippen LogP contribution < -0.4 is 10.1 Å². The highest BCUT2D eigenvalue weighted by atomic mass is 35.5. The molecule has 29 heavy (non-hydrogen) atoms. The average Bonchev–Trinajstić information content (AvgIpc) is 2.70. The Balaban J connectivity index is 1.78. The van der Waals surface area contributed by atoms with Crippen LogP contribution in [0.3, 0.4) is 0 Å². The van der Waals surface area contributed by atoms with Gasteiger partial charge >= 0.3 is 0 Å². The Kier molecular flexibility index (Phi) is 6.51. The van der Waals surface area contributed by atoms with Gasteiger partial charge in [0, 0.05) is 23.8 Å². The molecule has 0 unspecified atom stereocenters. The van der Waals surface area contributed by atoms with Crippen molar-refractivity contribution in [3.8, 4) is 5.75 Å². The molecule has 1 fully saturated rings. The third kappa shape index (κ3) is 4.74. The molecule has 0 radical (unpaired) electrons. The number of rotatable bonds is 5. The zero-order valence-corrected chi connectivity index (χ0v) is 18.3. The average molecular weight is 437 g/mol. The molecular weight excluding hydrogens is 412 g/mol. The number of amides is 1. The van der Waals surface area contributed by atoms with Gasteiger partial charge < -0.3 is 10.1 Å². The Morgan fingerprint density at radius 2 is 1.97 bits per heavy atom. The maximum atomic E-state index is 13.2. The van der Waals surface area contributed by atoms with Crippen LogP contribution in [0.5, 0.6) is 5.75 Å². The van der Waals surface area contributed by atoms with Gasteiger partial charge in [0.05, 0.1) is 13.0 Å². The summed E-state index contributed by atoms with van der Waals surface area (Å²) in [5.41, 5.74) is 2.35. The fourth-order valence-electron chi connectivity index (χ4n) is 3.41. The molecule has 2 aromatic rings. The first-order chi connectivity index (χ1) is 13.7. The number of sulfonamides is 1. The Labute approximate surface area is 176 Å². The maximum Gasteiger partial charge on any atom is 0.246 e. The molecular formula is C21H25ClN2O4S. The molecule has 3 rings (SSSR count). The first-order valence-electron chi connectivity index (χ1n) is 9.44. The maximum absolute atomic E-state index is 13.2. The van der Waals surface area contributed by atoms with Crippen LogP contribution in [0.4, 0.5) is 5.69 Å². The van der Waals surface area contributed by atoms with Gasteiger partial charge in [0.25, 0.3) is 0 Å². The number of nitrogens with one attached hydrogen (secondary N) is 1. The van der Waals surface area contributed by atoms with Crippen molar-refractivity contribution in [2.75, 3.05) is 25.5 Å². The van der Waals surface area contributed by atoms with Crippen LogP contribution in [0.15, 0.2) is 41.3 Å². The highest BCUT2D eigenvalue weighted by Gasteiger charge is 2.35. The second-order valence-corrected chi connectivity index (χ2v) is 9.62. The molecule has 6 nitrogen and oxygen atoms in total. The van der Waals surface area contributed by atoms with E-state index in [-0.39, 0.29) is 17.3 Å². The van der Waals surface area contributed by atoms with E-state index in [9.17, 15) is 13.2 Å². The standard InChI is InChI=1S/C21H25ClN2O4S/c1-14-6-9-19(28-3)20(11-14)29(26,27)24-10-4-5-16(13-24)21(25)23-17-8-7-15(2)18(22)12-17/h6-9,11-12,16H,4-5,10,13H2,1-3H3,(H,23,25)/t16-/m0/s1. The van der Waals surface area contributed by atoms with E-state index in [2.05, 4.69) is 5.32 Å². The highest BCUT2D eigenvalue weighted by Crippen LogP contribution is 2.31. The van der Waals surface area contributed by atoms with Crippen molar-refractivity contribution in [2.45, 2.75) is 31.6 Å². The number of ether oxygens (including phenoxy) is 1. The molecule has 8 heteroatoms. The van der Waals surface area contributed by atoms with Crippen molar-refractivity contribution >= 4 is 33.2 Å². The molecule has 0 spiro atoms. The van der Waals surface area contributed by atoms with Crippen molar-refractivity contribution in [3.05, 3.63) is 52.5 Å². The van der Waals surface area contributed by atoms with Gasteiger partial charge in [-0.25, -0.2) is 8.42 Å². The van der Waals surface area contributed by atoms with Gasteiger partial charge in [-0.1, -0.05) is 23.7 Å². The van der Waals surface area contributed by atoms with Crippen LogP contribution in [0.2, 0.25) is 5.02 Å². The third-order valence-electron chi connectivity index (χ3n) is 5.13. The Hall–Kier alpha value is -2.09. The molecule has 1 atom stereocenters. The van der Waals surface area contributed by atoms with E-state index in [1.54, 1.807) is 30.3 Å². The number of halogens is 1. The van der Waals surface area contributed by atoms with Crippen molar-refractivity contribution in [1.82, 2.24) is 4.31 Å². The first-order valence-corrected chi connectivity index (χ1v) is 11.3. The summed E-state index contributed by atoms with van der Waals surface area (Å²) < 4.78 is 33.1. The number of piperidine rings is 1. The van der Waals surface area contributed by atoms with E-state index in [0.29, 0.717) is 35.8 Å². The lowest BCUT2D eigenvalue weighted by molar-refractivity contribution is -0.120. The minimum absolute atomic E-state index is 0.130. The normalized spacial score (nSPS) is 17.7. The lowest BCUT2D eigenvalue weighted by Crippen LogP contribution is -2.43. The highest BCUT2D eigenvalue weighted by molar-refractivity contribution is 7.89. The zero-order chi connectivity index (χ0) is 21.2. The summed E-state index contributed by atoms with van der Waals surface area (Å²) in [6, 6.07) is 10.4. The number of anilines is 1. The molecule has 1 saturated heterocycles. The minimum atomic E-state index is -3.77. The SMILES string of the molecule is COc1ccc(C)cc1S(=O)(=O)N1CCC[C@H](C(=O)Nc2ccc(C)c(Cl)c2)C1. The van der Waals surface area contributed by atoms with E-state index in [0.717, 1.165) is 11.1 Å². The fourth-order valence-corrected chi connectivity index (χ4v) is 5.36. The summed E-state index contributed by atoms with van der Waals surface area (Å²) in [7, 11) is -2.32. The Bertz CT molecular complexity index is 1020. The first kappa shape index (κ1) is 21.6. The fraction of sp³-hybridized carbons (Fsp3) is 0.381. The van der Waals surface area contributed by atoms with Crippen molar-refractivity contribution in [2.24, 2.45) is 5.92 Å². The number of carbonyl (C=O) groups excluding carboxylic acids is 1. The number of benzene rings is 2. The van der Waals surface area contributed by atoms with Crippen molar-refractivity contribution in [3.63, 3.8) is 0 Å². The number of methoxy groups -OCH3 is 1. The quantitative estimate of drug-likeness (QED) is 0.768. The predicted octanol–water partition coefficient (Wildman–Crippen LogP) is 4.00. The molecule has 0 saturated carbocycles. The summed E-state index contributed by atoms with van der Waals surface area (Å²) in [5, 5.41) is 3.43. The van der Waals surface area contributed by atoms with Gasteiger partial charge in [0.15, 0.2) is 0 Å². The number of hydrogen-bond donors (Lipinski definition) is 1. The van der Waals surface area contributed by atoms with Crippen LogP contribution in [0, 0.1) is 19.8 Å². The van der Waals surface area contributed by atoms with Gasteiger partial charge in [-0.3, -0.25) is 4.79 Å². The Morgan fingerprint density at radius 1 is 1.21 bits per heavy atom. The second-order valence-electron chi connectivity index (χ2n) is 7.31. The van der Waals surface area contributed by atoms with Gasteiger partial charge in [-0.2, -0.15) is 4.31 Å². The third-order valence-corrected chi connectivity index (χ3v) is 7.42. The topological polar surface area (TPSA) is 75.7 Å². The number of nitrogens with zero attached hydrogens (tertiary/aromatic N) is 1. The molecule has 156 valence electrons. The number of hydrogen-bond acceptors (Lipinski definition) is 4. The Morgan fingerprint density at radius 3 is 2.66 bits per heavy atom. The monoisotopic (exact) mass is 436 g/mol. The smallest absolute Gasteiger partial charge is 0.246 e. The molecule has 1 aliphatic heterocycles. The van der Waals surface area contributed by atoms with Gasteiger partial charge in [-0.05, 0) is 62.1 Å². The molecule has 2 aromatic carbocycles. The van der Waals surface area contributed by atoms with E-state index >= 15 is 0 Å². The lowest BCUT2D eigenvalue weighted by Gasteiger charge is -2.31. The number of carbonyl (C=O) groups is 1. The van der Waals surface area contributed by atoms with Gasteiger partial charge in [0.2, 0.25) is 15.9 Å². The van der Waals surface area contributed by atoms with Gasteiger partial charge in [0.1, 0.15) is 10.6 Å². The van der Waals surface area contributed by atoms with Crippen LogP contribution in [0.25, 0.3) is 0 Å². The van der Waals surface area contributed by atoms with Crippen LogP contribution in [0.1, 0.15) is 24.0 Å². The van der Waals surface area contributed by atoms with E-state index < -0.39 is 15.9 Å². The summed E-state index contributed by atoms with van der Waals surface area (Å²) >= 11 is 6.12. The van der Waals surface area contributed by atoms with E-state index in [1.807, 2.05) is 19.9 Å². The lowest BCUT2D eigenvalue weighted by atomic mass is 9.98. The molecule has 1 heterocycles. The summed E-state index contributed by atoms with van der Waals surface area (Å²) in [4.78, 5) is 12.9. The molecule has 1 amide bonds. The van der Waals surface area contributed by atoms with Crippen molar-refractivity contribution < 1.29 is 17.9 Å². The second kappa shape index (κ2) is 8.73. The molecule has 0 bridgehead atoms. The summed E-state index contributed by atoms with van der Waals surface area (Å²) in [6.07, 6.45) is 1.24. The predicted molar refractivity (Wildman–Crippen MR) is 114 cm³/mol.